The van der Waals surface area contributed by atoms with Crippen molar-refractivity contribution in [3.8, 4) is 0 Å². The van der Waals surface area contributed by atoms with Crippen molar-refractivity contribution in [2.75, 3.05) is 5.32 Å². The highest BCUT2D eigenvalue weighted by atomic mass is 16.1. The lowest BCUT2D eigenvalue weighted by molar-refractivity contribution is 0.100. The fourth-order valence-electron chi connectivity index (χ4n) is 4.35. The minimum Gasteiger partial charge on any atom is -0.366 e. The van der Waals surface area contributed by atoms with Gasteiger partial charge in [-0.15, -0.1) is 0 Å². The number of nitrogens with one attached hydrogen (secondary N) is 2. The van der Waals surface area contributed by atoms with E-state index in [1.54, 1.807) is 6.07 Å². The molecule has 0 saturated heterocycles. The van der Waals surface area contributed by atoms with Gasteiger partial charge in [-0.3, -0.25) is 4.79 Å². The van der Waals surface area contributed by atoms with Crippen LogP contribution in [0.4, 0.5) is 5.82 Å². The van der Waals surface area contributed by atoms with Gasteiger partial charge < -0.3 is 16.0 Å². The summed E-state index contributed by atoms with van der Waals surface area (Å²) in [5.41, 5.74) is 11.5. The second kappa shape index (κ2) is 8.22. The molecule has 2 aromatic heterocycles. The van der Waals surface area contributed by atoms with Gasteiger partial charge in [0.2, 0.25) is 5.91 Å². The van der Waals surface area contributed by atoms with Crippen LogP contribution in [0.2, 0.25) is 0 Å². The Labute approximate surface area is 180 Å². The lowest BCUT2D eigenvalue weighted by Gasteiger charge is -2.20. The third-order valence-electron chi connectivity index (χ3n) is 5.87. The van der Waals surface area contributed by atoms with Crippen molar-refractivity contribution in [1.29, 1.82) is 0 Å². The second-order valence-corrected chi connectivity index (χ2v) is 8.06. The highest BCUT2D eigenvalue weighted by molar-refractivity contribution is 6.05. The molecule has 2 aromatic carbocycles. The standard InChI is InChI=1S/C25H25N5O/c26-24(31)18-10-6-12-22-20(18)13-17(28-22)14-23-29-21-11-5-4-9-19(21)25(30-23)27-15-16-7-2-1-3-8-16/h1-3,6-8,10,12-13,28H,4-5,9,11,14-15H2,(H2,26,31)(H,27,29,30). The van der Waals surface area contributed by atoms with E-state index in [0.717, 1.165) is 59.7 Å². The number of carbonyl (C=O) groups excluding carboxylic acids is 1. The average molecular weight is 412 g/mol. The molecule has 6 nitrogen and oxygen atoms in total. The largest absolute Gasteiger partial charge is 0.366 e. The van der Waals surface area contributed by atoms with Crippen LogP contribution in [0.1, 0.15) is 51.5 Å². The Morgan fingerprint density at radius 1 is 1.03 bits per heavy atom. The number of anilines is 1. The monoisotopic (exact) mass is 411 g/mol. The molecule has 1 aliphatic rings. The molecule has 0 saturated carbocycles. The van der Waals surface area contributed by atoms with E-state index in [1.807, 2.05) is 36.4 Å². The van der Waals surface area contributed by atoms with Crippen LogP contribution in [0.15, 0.2) is 54.6 Å². The van der Waals surface area contributed by atoms with E-state index in [9.17, 15) is 4.79 Å². The number of amides is 1. The van der Waals surface area contributed by atoms with Crippen molar-refractivity contribution in [2.24, 2.45) is 5.73 Å². The fraction of sp³-hybridized carbons (Fsp3) is 0.240. The summed E-state index contributed by atoms with van der Waals surface area (Å²) >= 11 is 0. The number of carbonyl (C=O) groups is 1. The van der Waals surface area contributed by atoms with Gasteiger partial charge >= 0.3 is 0 Å². The molecule has 0 fully saturated rings. The van der Waals surface area contributed by atoms with Gasteiger partial charge in [-0.1, -0.05) is 36.4 Å². The lowest BCUT2D eigenvalue weighted by Crippen LogP contribution is -2.15. The van der Waals surface area contributed by atoms with Gasteiger partial charge in [0.15, 0.2) is 0 Å². The number of fused-ring (bicyclic) bond motifs is 2. The van der Waals surface area contributed by atoms with Gasteiger partial charge in [0, 0.05) is 46.4 Å². The molecule has 0 spiro atoms. The average Bonchev–Trinajstić information content (AvgIpc) is 3.20. The zero-order valence-electron chi connectivity index (χ0n) is 17.3. The van der Waals surface area contributed by atoms with E-state index < -0.39 is 5.91 Å². The molecule has 156 valence electrons. The van der Waals surface area contributed by atoms with Crippen LogP contribution < -0.4 is 11.1 Å². The third kappa shape index (κ3) is 4.01. The summed E-state index contributed by atoms with van der Waals surface area (Å²) in [5.74, 6) is 1.30. The van der Waals surface area contributed by atoms with Crippen molar-refractivity contribution in [3.63, 3.8) is 0 Å². The smallest absolute Gasteiger partial charge is 0.249 e. The predicted octanol–water partition coefficient (Wildman–Crippen LogP) is 4.14. The third-order valence-corrected chi connectivity index (χ3v) is 5.87. The van der Waals surface area contributed by atoms with E-state index in [-0.39, 0.29) is 0 Å². The first-order valence-corrected chi connectivity index (χ1v) is 10.7. The Kier molecular flexibility index (Phi) is 5.12. The van der Waals surface area contributed by atoms with Gasteiger partial charge in [0.25, 0.3) is 0 Å². The normalized spacial score (nSPS) is 13.2. The number of benzene rings is 2. The Morgan fingerprint density at radius 3 is 2.71 bits per heavy atom. The molecule has 31 heavy (non-hydrogen) atoms. The van der Waals surface area contributed by atoms with Crippen molar-refractivity contribution < 1.29 is 4.79 Å². The summed E-state index contributed by atoms with van der Waals surface area (Å²) in [6.45, 7) is 0.734. The minimum absolute atomic E-state index is 0.423. The number of nitrogens with two attached hydrogens (primary N) is 1. The first-order valence-electron chi connectivity index (χ1n) is 10.7. The number of aromatic amines is 1. The van der Waals surface area contributed by atoms with Crippen LogP contribution in [0.5, 0.6) is 0 Å². The Hall–Kier alpha value is -3.67. The molecule has 0 radical (unpaired) electrons. The molecule has 0 bridgehead atoms. The summed E-state index contributed by atoms with van der Waals surface area (Å²) in [4.78, 5) is 24.9. The maximum absolute atomic E-state index is 11.8. The quantitative estimate of drug-likeness (QED) is 0.444. The van der Waals surface area contributed by atoms with Gasteiger partial charge in [-0.25, -0.2) is 9.97 Å². The molecular weight excluding hydrogens is 386 g/mol. The molecular formula is C25H25N5O. The highest BCUT2D eigenvalue weighted by Crippen LogP contribution is 2.27. The Morgan fingerprint density at radius 2 is 1.87 bits per heavy atom. The molecule has 4 N–H and O–H groups in total. The summed E-state index contributed by atoms with van der Waals surface area (Å²) in [6, 6.07) is 17.9. The SMILES string of the molecule is NC(=O)c1cccc2[nH]c(Cc3nc4c(c(NCc5ccccc5)n3)CCCC4)cc12. The summed E-state index contributed by atoms with van der Waals surface area (Å²) in [6.07, 6.45) is 4.91. The number of nitrogens with zero attached hydrogens (tertiary/aromatic N) is 2. The molecule has 2 heterocycles. The zero-order chi connectivity index (χ0) is 21.2. The van der Waals surface area contributed by atoms with Gasteiger partial charge in [-0.05, 0) is 49.4 Å². The molecule has 1 aliphatic carbocycles. The van der Waals surface area contributed by atoms with Crippen LogP contribution in [0.3, 0.4) is 0 Å². The van der Waals surface area contributed by atoms with Gasteiger partial charge in [0.1, 0.15) is 11.6 Å². The first-order chi connectivity index (χ1) is 15.2. The van der Waals surface area contributed by atoms with Crippen molar-refractivity contribution in [3.05, 3.63) is 88.5 Å². The predicted molar refractivity (Wildman–Crippen MR) is 122 cm³/mol. The van der Waals surface area contributed by atoms with E-state index in [0.29, 0.717) is 12.0 Å². The Balaban J connectivity index is 1.46. The van der Waals surface area contributed by atoms with E-state index >= 15 is 0 Å². The summed E-state index contributed by atoms with van der Waals surface area (Å²) in [7, 11) is 0. The maximum atomic E-state index is 11.8. The number of aromatic nitrogens is 3. The van der Waals surface area contributed by atoms with Crippen LogP contribution in [-0.2, 0) is 25.8 Å². The van der Waals surface area contributed by atoms with E-state index in [4.69, 9.17) is 15.7 Å². The molecule has 6 heteroatoms. The number of aryl methyl sites for hydroxylation is 1. The Bertz CT molecular complexity index is 1250. The minimum atomic E-state index is -0.423. The highest BCUT2D eigenvalue weighted by Gasteiger charge is 2.19. The summed E-state index contributed by atoms with van der Waals surface area (Å²) < 4.78 is 0. The van der Waals surface area contributed by atoms with E-state index in [1.165, 1.54) is 17.5 Å². The molecule has 4 aromatic rings. The molecule has 1 amide bonds. The molecule has 5 rings (SSSR count). The van der Waals surface area contributed by atoms with Crippen LogP contribution in [0.25, 0.3) is 10.9 Å². The number of primary amides is 1. The maximum Gasteiger partial charge on any atom is 0.249 e. The topological polar surface area (TPSA) is 96.7 Å². The number of rotatable bonds is 6. The summed E-state index contributed by atoms with van der Waals surface area (Å²) in [5, 5.41) is 4.38. The molecule has 0 atom stereocenters. The van der Waals surface area contributed by atoms with Crippen molar-refractivity contribution in [1.82, 2.24) is 15.0 Å². The van der Waals surface area contributed by atoms with E-state index in [2.05, 4.69) is 22.4 Å². The second-order valence-electron chi connectivity index (χ2n) is 8.06. The van der Waals surface area contributed by atoms with Crippen molar-refractivity contribution >= 4 is 22.6 Å². The molecule has 0 aliphatic heterocycles. The fourth-order valence-corrected chi connectivity index (χ4v) is 4.35. The van der Waals surface area contributed by atoms with Crippen LogP contribution in [-0.4, -0.2) is 20.9 Å². The van der Waals surface area contributed by atoms with Gasteiger partial charge in [-0.2, -0.15) is 0 Å². The first kappa shape index (κ1) is 19.3. The number of hydrogen-bond donors (Lipinski definition) is 3. The zero-order valence-corrected chi connectivity index (χ0v) is 17.3. The number of hydrogen-bond acceptors (Lipinski definition) is 4. The lowest BCUT2D eigenvalue weighted by atomic mass is 9.96. The van der Waals surface area contributed by atoms with Gasteiger partial charge in [0.05, 0.1) is 0 Å². The van der Waals surface area contributed by atoms with Crippen LogP contribution >= 0.6 is 0 Å². The van der Waals surface area contributed by atoms with Crippen molar-refractivity contribution in [2.45, 2.75) is 38.6 Å². The number of H-pyrrole nitrogens is 1. The van der Waals surface area contributed by atoms with Crippen LogP contribution in [0, 0.1) is 0 Å². The molecule has 0 unspecified atom stereocenters.